The summed E-state index contributed by atoms with van der Waals surface area (Å²) in [5.74, 6) is -1.38. The molecule has 0 unspecified atom stereocenters. The van der Waals surface area contributed by atoms with Crippen LogP contribution in [0.25, 0.3) is 0 Å². The Morgan fingerprint density at radius 1 is 1.36 bits per heavy atom. The molecular weight excluding hydrogens is 184 g/mol. The van der Waals surface area contributed by atoms with E-state index in [0.29, 0.717) is 12.8 Å². The Morgan fingerprint density at radius 2 is 1.93 bits per heavy atom. The number of esters is 1. The van der Waals surface area contributed by atoms with Crippen molar-refractivity contribution in [2.45, 2.75) is 39.2 Å². The lowest BCUT2D eigenvalue weighted by atomic mass is 9.66. The normalized spacial score (nSPS) is 43.8. The van der Waals surface area contributed by atoms with Crippen LogP contribution in [0.4, 0.5) is 0 Å². The second-order valence-corrected chi connectivity index (χ2v) is 4.98. The van der Waals surface area contributed by atoms with Gasteiger partial charge in [0.25, 0.3) is 0 Å². The van der Waals surface area contributed by atoms with Crippen LogP contribution in [0.3, 0.4) is 0 Å². The van der Waals surface area contributed by atoms with Gasteiger partial charge in [-0.3, -0.25) is 4.79 Å². The maximum Gasteiger partial charge on any atom is 0.348 e. The largest absolute Gasteiger partial charge is 0.478 e. The van der Waals surface area contributed by atoms with E-state index in [1.54, 1.807) is 20.8 Å². The molecule has 0 amide bonds. The van der Waals surface area contributed by atoms with Crippen LogP contribution in [-0.2, 0) is 14.3 Å². The summed E-state index contributed by atoms with van der Waals surface area (Å²) >= 11 is 0. The van der Waals surface area contributed by atoms with E-state index in [9.17, 15) is 14.7 Å². The molecule has 4 nitrogen and oxygen atoms in total. The molecule has 0 spiro atoms. The molecule has 1 saturated carbocycles. The smallest absolute Gasteiger partial charge is 0.348 e. The summed E-state index contributed by atoms with van der Waals surface area (Å²) in [6, 6.07) is 0. The first-order valence-electron chi connectivity index (χ1n) is 4.75. The molecule has 0 aromatic heterocycles. The summed E-state index contributed by atoms with van der Waals surface area (Å²) in [5.41, 5.74) is -2.55. The Kier molecular flexibility index (Phi) is 1.44. The summed E-state index contributed by atoms with van der Waals surface area (Å²) in [4.78, 5) is 22.8. The second kappa shape index (κ2) is 2.12. The molecule has 2 bridgehead atoms. The fourth-order valence-corrected chi connectivity index (χ4v) is 2.72. The number of carbonyl (C=O) groups excluding carboxylic acids is 1. The van der Waals surface area contributed by atoms with Crippen molar-refractivity contribution in [1.82, 2.24) is 0 Å². The van der Waals surface area contributed by atoms with Crippen LogP contribution < -0.4 is 0 Å². The molecule has 1 aliphatic carbocycles. The highest BCUT2D eigenvalue weighted by molar-refractivity contribution is 5.92. The molecule has 2 rings (SSSR count). The Bertz CT molecular complexity index is 333. The zero-order valence-corrected chi connectivity index (χ0v) is 8.59. The minimum absolute atomic E-state index is 0.365. The number of fused-ring (bicyclic) bond motifs is 2. The third-order valence-corrected chi connectivity index (χ3v) is 4.43. The quantitative estimate of drug-likeness (QED) is 0.643. The number of aliphatic carboxylic acids is 1. The number of carbonyl (C=O) groups is 2. The average Bonchev–Trinajstić information content (AvgIpc) is 2.34. The van der Waals surface area contributed by atoms with Crippen molar-refractivity contribution in [1.29, 1.82) is 0 Å². The molecule has 2 aliphatic rings. The fraction of sp³-hybridized carbons (Fsp3) is 0.800. The zero-order valence-electron chi connectivity index (χ0n) is 8.59. The van der Waals surface area contributed by atoms with E-state index in [0.717, 1.165) is 0 Å². The van der Waals surface area contributed by atoms with E-state index in [4.69, 9.17) is 4.74 Å². The third kappa shape index (κ3) is 0.645. The maximum atomic E-state index is 11.6. The van der Waals surface area contributed by atoms with E-state index in [1.807, 2.05) is 0 Å². The van der Waals surface area contributed by atoms with E-state index in [2.05, 4.69) is 0 Å². The summed E-state index contributed by atoms with van der Waals surface area (Å²) in [6.07, 6.45) is 1.03. The Morgan fingerprint density at radius 3 is 2.14 bits per heavy atom. The molecule has 0 aromatic rings. The van der Waals surface area contributed by atoms with Crippen LogP contribution in [0.5, 0.6) is 0 Å². The molecule has 2 atom stereocenters. The SMILES string of the molecule is CC1(C)[C@@]2(C)CC[C@@]1(C(=O)O)OC2=O. The van der Waals surface area contributed by atoms with Crippen LogP contribution in [0.1, 0.15) is 33.6 Å². The number of hydrogen-bond acceptors (Lipinski definition) is 3. The molecule has 1 aliphatic heterocycles. The minimum Gasteiger partial charge on any atom is -0.478 e. The van der Waals surface area contributed by atoms with E-state index < -0.39 is 22.4 Å². The predicted molar refractivity (Wildman–Crippen MR) is 47.6 cm³/mol. The number of rotatable bonds is 1. The van der Waals surface area contributed by atoms with Gasteiger partial charge in [-0.2, -0.15) is 0 Å². The highest BCUT2D eigenvalue weighted by Gasteiger charge is 2.76. The van der Waals surface area contributed by atoms with Gasteiger partial charge in [0.15, 0.2) is 0 Å². The maximum absolute atomic E-state index is 11.6. The minimum atomic E-state index is -1.29. The molecular formula is C10H14O4. The van der Waals surface area contributed by atoms with Gasteiger partial charge in [-0.05, 0) is 19.8 Å². The Balaban J connectivity index is 2.60. The molecule has 78 valence electrons. The summed E-state index contributed by atoms with van der Waals surface area (Å²) < 4.78 is 5.09. The van der Waals surface area contributed by atoms with Gasteiger partial charge in [-0.25, -0.2) is 4.79 Å². The van der Waals surface area contributed by atoms with E-state index in [1.165, 1.54) is 0 Å². The number of carboxylic acid groups (broad SMARTS) is 1. The van der Waals surface area contributed by atoms with E-state index in [-0.39, 0.29) is 5.97 Å². The Labute approximate surface area is 82.2 Å². The van der Waals surface area contributed by atoms with Crippen LogP contribution in [-0.4, -0.2) is 22.6 Å². The standard InChI is InChI=1S/C10H14O4/c1-8(2)9(3)4-5-10(8,6(11)12)14-7(9)13/h4-5H2,1-3H3,(H,11,12)/t9-,10-/m0/s1. The first kappa shape index (κ1) is 9.49. The summed E-state index contributed by atoms with van der Waals surface area (Å²) in [5, 5.41) is 9.18. The van der Waals surface area contributed by atoms with Gasteiger partial charge in [0, 0.05) is 5.41 Å². The monoisotopic (exact) mass is 198 g/mol. The molecule has 0 radical (unpaired) electrons. The van der Waals surface area contributed by atoms with Gasteiger partial charge < -0.3 is 9.84 Å². The predicted octanol–water partition coefficient (Wildman–Crippen LogP) is 1.19. The first-order valence-corrected chi connectivity index (χ1v) is 4.75. The first-order chi connectivity index (χ1) is 6.28. The van der Waals surface area contributed by atoms with Crippen LogP contribution in [0, 0.1) is 10.8 Å². The average molecular weight is 198 g/mol. The van der Waals surface area contributed by atoms with Crippen molar-refractivity contribution in [3.8, 4) is 0 Å². The van der Waals surface area contributed by atoms with Gasteiger partial charge in [-0.1, -0.05) is 13.8 Å². The van der Waals surface area contributed by atoms with Crippen LogP contribution in [0.15, 0.2) is 0 Å². The van der Waals surface area contributed by atoms with Crippen LogP contribution in [0.2, 0.25) is 0 Å². The van der Waals surface area contributed by atoms with Crippen molar-refractivity contribution in [3.63, 3.8) is 0 Å². The van der Waals surface area contributed by atoms with Crippen molar-refractivity contribution >= 4 is 11.9 Å². The number of ether oxygens (including phenoxy) is 1. The topological polar surface area (TPSA) is 63.6 Å². The molecule has 1 N–H and O–H groups in total. The molecule has 1 heterocycles. The Hall–Kier alpha value is -1.06. The highest BCUT2D eigenvalue weighted by atomic mass is 16.6. The molecule has 1 saturated heterocycles. The molecule has 2 fully saturated rings. The van der Waals surface area contributed by atoms with Crippen molar-refractivity contribution in [3.05, 3.63) is 0 Å². The van der Waals surface area contributed by atoms with Crippen LogP contribution >= 0.6 is 0 Å². The van der Waals surface area contributed by atoms with Gasteiger partial charge >= 0.3 is 11.9 Å². The zero-order chi connectivity index (χ0) is 10.8. The lowest BCUT2D eigenvalue weighted by Crippen LogP contribution is -2.47. The lowest BCUT2D eigenvalue weighted by molar-refractivity contribution is -0.178. The number of carboxylic acids is 1. The summed E-state index contributed by atoms with van der Waals surface area (Å²) in [6.45, 7) is 5.41. The molecule has 14 heavy (non-hydrogen) atoms. The second-order valence-electron chi connectivity index (χ2n) is 4.98. The van der Waals surface area contributed by atoms with Crippen molar-refractivity contribution < 1.29 is 19.4 Å². The number of hydrogen-bond donors (Lipinski definition) is 1. The molecule has 0 aromatic carbocycles. The third-order valence-electron chi connectivity index (χ3n) is 4.43. The van der Waals surface area contributed by atoms with E-state index >= 15 is 0 Å². The fourth-order valence-electron chi connectivity index (χ4n) is 2.72. The van der Waals surface area contributed by atoms with Gasteiger partial charge in [0.05, 0.1) is 5.41 Å². The van der Waals surface area contributed by atoms with Gasteiger partial charge in [-0.15, -0.1) is 0 Å². The van der Waals surface area contributed by atoms with Crippen molar-refractivity contribution in [2.24, 2.45) is 10.8 Å². The van der Waals surface area contributed by atoms with Gasteiger partial charge in [0.1, 0.15) is 0 Å². The highest BCUT2D eigenvalue weighted by Crippen LogP contribution is 2.65. The lowest BCUT2D eigenvalue weighted by Gasteiger charge is -2.32. The van der Waals surface area contributed by atoms with Gasteiger partial charge in [0.2, 0.25) is 5.60 Å². The molecule has 4 heteroatoms. The summed E-state index contributed by atoms with van der Waals surface area (Å²) in [7, 11) is 0. The van der Waals surface area contributed by atoms with Crippen molar-refractivity contribution in [2.75, 3.05) is 0 Å².